The maximum atomic E-state index is 13.8. The quantitative estimate of drug-likeness (QED) is 0.101. The van der Waals surface area contributed by atoms with Gasteiger partial charge in [-0.05, 0) is 47.5 Å². The summed E-state index contributed by atoms with van der Waals surface area (Å²) in [5.41, 5.74) is -0.732. The van der Waals surface area contributed by atoms with Crippen LogP contribution >= 0.6 is 0 Å². The highest BCUT2D eigenvalue weighted by Gasteiger charge is 2.31. The molecule has 0 saturated carbocycles. The molecular weight excluding hydrogens is 490 g/mol. The normalized spacial score (nSPS) is 10.7. The zero-order valence-corrected chi connectivity index (χ0v) is 17.8. The number of carbonyl (C=O) groups excluding carboxylic acids is 2. The molecule has 4 nitrogen and oxygen atoms in total. The van der Waals surface area contributed by atoms with Crippen LogP contribution in [-0.2, 0) is 0 Å². The molecule has 0 aliphatic heterocycles. The van der Waals surface area contributed by atoms with Gasteiger partial charge in [0.25, 0.3) is 0 Å². The zero-order valence-electron chi connectivity index (χ0n) is 17.8. The van der Waals surface area contributed by atoms with Gasteiger partial charge in [0.15, 0.2) is 23.3 Å². The molecule has 182 valence electrons. The number of benzene rings is 4. The topological polar surface area (TPSA) is 52.6 Å². The highest BCUT2D eigenvalue weighted by Crippen LogP contribution is 2.27. The lowest BCUT2D eigenvalue weighted by atomic mass is 10.1. The van der Waals surface area contributed by atoms with E-state index in [0.717, 1.165) is 6.07 Å². The molecule has 10 heteroatoms. The highest BCUT2D eigenvalue weighted by atomic mass is 19.2. The summed E-state index contributed by atoms with van der Waals surface area (Å²) in [6.07, 6.45) is 0. The minimum atomic E-state index is -2.39. The molecule has 0 aliphatic carbocycles. The molecule has 0 aromatic heterocycles. The fourth-order valence-electron chi connectivity index (χ4n) is 3.16. The molecule has 4 aromatic rings. The van der Waals surface area contributed by atoms with E-state index >= 15 is 0 Å². The molecular formula is C26H12F6O4. The standard InChI is InChI=1S/C26H12F6O4/c27-18-4-2-1-3-17(18)25(33)35-15-9-5-13(6-10-15)14-7-11-16(12-8-14)36-26(34)19-20(28)22(30)24(32)23(31)21(19)29/h1-12H. The van der Waals surface area contributed by atoms with E-state index in [4.69, 9.17) is 9.47 Å². The van der Waals surface area contributed by atoms with Crippen LogP contribution in [0, 0.1) is 34.9 Å². The Balaban J connectivity index is 1.46. The van der Waals surface area contributed by atoms with Crippen molar-refractivity contribution in [3.05, 3.63) is 119 Å². The molecule has 0 atom stereocenters. The van der Waals surface area contributed by atoms with Gasteiger partial charge in [0, 0.05) is 0 Å². The van der Waals surface area contributed by atoms with E-state index in [0.29, 0.717) is 11.1 Å². The van der Waals surface area contributed by atoms with Gasteiger partial charge in [-0.3, -0.25) is 0 Å². The predicted molar refractivity (Wildman–Crippen MR) is 114 cm³/mol. The first-order valence-corrected chi connectivity index (χ1v) is 10.1. The zero-order chi connectivity index (χ0) is 26.0. The van der Waals surface area contributed by atoms with Crippen LogP contribution in [0.25, 0.3) is 11.1 Å². The SMILES string of the molecule is O=C(Oc1ccc(-c2ccc(OC(=O)c3c(F)c(F)c(F)c(F)c3F)cc2)cc1)c1ccccc1F. The fraction of sp³-hybridized carbons (Fsp3) is 0. The first-order chi connectivity index (χ1) is 17.2. The third kappa shape index (κ3) is 4.78. The number of rotatable bonds is 5. The molecule has 0 amide bonds. The van der Waals surface area contributed by atoms with Crippen LogP contribution in [0.3, 0.4) is 0 Å². The van der Waals surface area contributed by atoms with Gasteiger partial charge in [0.2, 0.25) is 5.82 Å². The summed E-state index contributed by atoms with van der Waals surface area (Å²) in [5.74, 6) is -15.0. The van der Waals surface area contributed by atoms with Crippen molar-refractivity contribution in [3.8, 4) is 22.6 Å². The second-order valence-corrected chi connectivity index (χ2v) is 7.25. The molecule has 0 saturated heterocycles. The van der Waals surface area contributed by atoms with E-state index in [1.807, 2.05) is 0 Å². The number of ether oxygens (including phenoxy) is 2. The van der Waals surface area contributed by atoms with Crippen LogP contribution < -0.4 is 9.47 Å². The first kappa shape index (κ1) is 24.5. The monoisotopic (exact) mass is 502 g/mol. The van der Waals surface area contributed by atoms with Crippen LogP contribution in [0.4, 0.5) is 26.3 Å². The van der Waals surface area contributed by atoms with Crippen molar-refractivity contribution in [2.45, 2.75) is 0 Å². The van der Waals surface area contributed by atoms with Crippen molar-refractivity contribution in [1.29, 1.82) is 0 Å². The van der Waals surface area contributed by atoms with E-state index in [1.165, 1.54) is 54.6 Å². The summed E-state index contributed by atoms with van der Waals surface area (Å²) < 4.78 is 91.0. The van der Waals surface area contributed by atoms with Crippen LogP contribution in [0.2, 0.25) is 0 Å². The summed E-state index contributed by atoms with van der Waals surface area (Å²) in [4.78, 5) is 24.2. The summed E-state index contributed by atoms with van der Waals surface area (Å²) in [7, 11) is 0. The minimum Gasteiger partial charge on any atom is -0.423 e. The Bertz CT molecular complexity index is 1440. The fourth-order valence-corrected chi connectivity index (χ4v) is 3.16. The summed E-state index contributed by atoms with van der Waals surface area (Å²) in [5, 5.41) is 0. The Morgan fingerprint density at radius 1 is 0.500 bits per heavy atom. The van der Waals surface area contributed by atoms with Crippen LogP contribution in [0.15, 0.2) is 72.8 Å². The number of hydrogen-bond acceptors (Lipinski definition) is 4. The maximum Gasteiger partial charge on any atom is 0.349 e. The van der Waals surface area contributed by atoms with Gasteiger partial charge in [0.1, 0.15) is 22.9 Å². The number of hydrogen-bond donors (Lipinski definition) is 0. The average Bonchev–Trinajstić information content (AvgIpc) is 2.87. The molecule has 0 aliphatic rings. The third-order valence-electron chi connectivity index (χ3n) is 4.97. The van der Waals surface area contributed by atoms with Gasteiger partial charge in [-0.25, -0.2) is 35.9 Å². The van der Waals surface area contributed by atoms with Crippen LogP contribution in [0.1, 0.15) is 20.7 Å². The molecule has 0 radical (unpaired) electrons. The molecule has 0 spiro atoms. The Morgan fingerprint density at radius 3 is 1.39 bits per heavy atom. The highest BCUT2D eigenvalue weighted by molar-refractivity contribution is 5.92. The lowest BCUT2D eigenvalue weighted by Crippen LogP contribution is -2.17. The Hall–Kier alpha value is -4.60. The molecule has 0 bridgehead atoms. The van der Waals surface area contributed by atoms with E-state index in [2.05, 4.69) is 0 Å². The summed E-state index contributed by atoms with van der Waals surface area (Å²) in [6.45, 7) is 0. The van der Waals surface area contributed by atoms with Crippen molar-refractivity contribution in [2.24, 2.45) is 0 Å². The van der Waals surface area contributed by atoms with Crippen molar-refractivity contribution < 1.29 is 45.4 Å². The number of carbonyl (C=O) groups is 2. The smallest absolute Gasteiger partial charge is 0.349 e. The minimum absolute atomic E-state index is 0.153. The van der Waals surface area contributed by atoms with Crippen LogP contribution in [0.5, 0.6) is 11.5 Å². The molecule has 4 rings (SSSR count). The number of halogens is 6. The lowest BCUT2D eigenvalue weighted by Gasteiger charge is -2.09. The van der Waals surface area contributed by atoms with E-state index in [-0.39, 0.29) is 17.1 Å². The van der Waals surface area contributed by atoms with Crippen molar-refractivity contribution in [2.75, 3.05) is 0 Å². The van der Waals surface area contributed by atoms with E-state index < -0.39 is 52.4 Å². The van der Waals surface area contributed by atoms with Crippen molar-refractivity contribution >= 4 is 11.9 Å². The largest absolute Gasteiger partial charge is 0.423 e. The lowest BCUT2D eigenvalue weighted by molar-refractivity contribution is 0.0714. The van der Waals surface area contributed by atoms with Gasteiger partial charge in [-0.2, -0.15) is 0 Å². The summed E-state index contributed by atoms with van der Waals surface area (Å²) >= 11 is 0. The second kappa shape index (κ2) is 9.95. The van der Waals surface area contributed by atoms with Crippen molar-refractivity contribution in [1.82, 2.24) is 0 Å². The van der Waals surface area contributed by atoms with Gasteiger partial charge in [-0.1, -0.05) is 36.4 Å². The molecule has 4 aromatic carbocycles. The average molecular weight is 502 g/mol. The molecule has 0 unspecified atom stereocenters. The molecule has 0 N–H and O–H groups in total. The number of esters is 2. The van der Waals surface area contributed by atoms with Gasteiger partial charge in [-0.15, -0.1) is 0 Å². The summed E-state index contributed by atoms with van der Waals surface area (Å²) in [6, 6.07) is 16.8. The molecule has 0 heterocycles. The van der Waals surface area contributed by atoms with E-state index in [9.17, 15) is 35.9 Å². The van der Waals surface area contributed by atoms with E-state index in [1.54, 1.807) is 12.1 Å². The first-order valence-electron chi connectivity index (χ1n) is 10.1. The maximum absolute atomic E-state index is 13.8. The van der Waals surface area contributed by atoms with Gasteiger partial charge >= 0.3 is 11.9 Å². The van der Waals surface area contributed by atoms with Crippen LogP contribution in [-0.4, -0.2) is 11.9 Å². The molecule has 36 heavy (non-hydrogen) atoms. The third-order valence-corrected chi connectivity index (χ3v) is 4.97. The van der Waals surface area contributed by atoms with Crippen molar-refractivity contribution in [3.63, 3.8) is 0 Å². The molecule has 0 fully saturated rings. The Labute approximate surface area is 199 Å². The Kier molecular flexibility index (Phi) is 6.77. The van der Waals surface area contributed by atoms with Gasteiger partial charge < -0.3 is 9.47 Å². The second-order valence-electron chi connectivity index (χ2n) is 7.25. The Morgan fingerprint density at radius 2 is 0.917 bits per heavy atom. The predicted octanol–water partition coefficient (Wildman–Crippen LogP) is 6.63. The van der Waals surface area contributed by atoms with Gasteiger partial charge in [0.05, 0.1) is 5.56 Å².